The number of benzene rings is 1. The van der Waals surface area contributed by atoms with Crippen LogP contribution in [0.3, 0.4) is 0 Å². The maximum Gasteiger partial charge on any atom is 0.330 e. The average Bonchev–Trinajstić information content (AvgIpc) is 3.07. The highest BCUT2D eigenvalue weighted by atomic mass is 35.5. The topological polar surface area (TPSA) is 54.9 Å². The van der Waals surface area contributed by atoms with Gasteiger partial charge in [0.05, 0.1) is 11.1 Å². The monoisotopic (exact) mass is 310 g/mol. The fourth-order valence-corrected chi connectivity index (χ4v) is 2.76. The predicted molar refractivity (Wildman–Crippen MR) is 79.7 cm³/mol. The van der Waals surface area contributed by atoms with Gasteiger partial charge in [0.25, 0.3) is 5.56 Å². The molecule has 1 aliphatic rings. The molecule has 1 fully saturated rings. The van der Waals surface area contributed by atoms with Crippen LogP contribution >= 0.6 is 23.2 Å². The fourth-order valence-electron chi connectivity index (χ4n) is 2.30. The first-order valence-electron chi connectivity index (χ1n) is 6.24. The van der Waals surface area contributed by atoms with Gasteiger partial charge in [0.1, 0.15) is 5.15 Å². The van der Waals surface area contributed by atoms with E-state index in [-0.39, 0.29) is 16.3 Å². The van der Waals surface area contributed by atoms with E-state index >= 15 is 0 Å². The van der Waals surface area contributed by atoms with Gasteiger partial charge in [0.2, 0.25) is 0 Å². The molecule has 1 aliphatic carbocycles. The Labute approximate surface area is 125 Å². The van der Waals surface area contributed by atoms with Gasteiger partial charge in [0.15, 0.2) is 0 Å². The van der Waals surface area contributed by atoms with Crippen molar-refractivity contribution in [3.05, 3.63) is 55.3 Å². The van der Waals surface area contributed by atoms with Crippen LogP contribution < -0.4 is 11.2 Å². The second kappa shape index (κ2) is 4.50. The molecule has 20 heavy (non-hydrogen) atoms. The molecular formula is C14H12Cl2N2O2. The largest absolute Gasteiger partial charge is 0.330 e. The molecule has 1 aromatic heterocycles. The van der Waals surface area contributed by atoms with Gasteiger partial charge >= 0.3 is 5.69 Å². The molecule has 1 aromatic carbocycles. The molecule has 0 spiro atoms. The Balaban J connectivity index is 2.32. The molecule has 0 amide bonds. The molecule has 6 heteroatoms. The van der Waals surface area contributed by atoms with Crippen LogP contribution in [-0.4, -0.2) is 9.55 Å². The number of nitrogens with one attached hydrogen (secondary N) is 1. The summed E-state index contributed by atoms with van der Waals surface area (Å²) in [7, 11) is 0. The van der Waals surface area contributed by atoms with E-state index < -0.39 is 11.2 Å². The summed E-state index contributed by atoms with van der Waals surface area (Å²) in [6.07, 6.45) is 1.62. The predicted octanol–water partition coefficient (Wildman–Crippen LogP) is 3.02. The summed E-state index contributed by atoms with van der Waals surface area (Å²) >= 11 is 12.0. The summed E-state index contributed by atoms with van der Waals surface area (Å²) in [5, 5.41) is 0.552. The van der Waals surface area contributed by atoms with Crippen LogP contribution in [-0.2, 0) is 5.54 Å². The highest BCUT2D eigenvalue weighted by molar-refractivity contribution is 6.32. The molecule has 0 atom stereocenters. The van der Waals surface area contributed by atoms with E-state index in [9.17, 15) is 9.59 Å². The van der Waals surface area contributed by atoms with Crippen molar-refractivity contribution in [2.75, 3.05) is 0 Å². The first kappa shape index (κ1) is 13.5. The van der Waals surface area contributed by atoms with E-state index in [0.29, 0.717) is 10.6 Å². The molecule has 0 aliphatic heterocycles. The van der Waals surface area contributed by atoms with E-state index in [4.69, 9.17) is 23.2 Å². The summed E-state index contributed by atoms with van der Waals surface area (Å²) in [5.74, 6) is 0. The Morgan fingerprint density at radius 1 is 1.25 bits per heavy atom. The standard InChI is InChI=1S/C14H12Cl2N2O2/c1-14(5-6-14)18-12(19)10(11(16)17-13(18)20)8-3-2-4-9(15)7-8/h2-4,7H,5-6H2,1H3,(H,17,20). The number of nitrogens with zero attached hydrogens (tertiary/aromatic N) is 1. The Morgan fingerprint density at radius 2 is 1.95 bits per heavy atom. The van der Waals surface area contributed by atoms with Crippen molar-refractivity contribution >= 4 is 23.2 Å². The normalized spacial score (nSPS) is 16.1. The maximum atomic E-state index is 12.6. The Morgan fingerprint density at radius 3 is 2.55 bits per heavy atom. The van der Waals surface area contributed by atoms with Crippen LogP contribution in [0.5, 0.6) is 0 Å². The molecular weight excluding hydrogens is 299 g/mol. The van der Waals surface area contributed by atoms with Crippen LogP contribution in [0, 0.1) is 0 Å². The zero-order chi connectivity index (χ0) is 14.5. The summed E-state index contributed by atoms with van der Waals surface area (Å²) in [4.78, 5) is 27.2. The van der Waals surface area contributed by atoms with E-state index in [2.05, 4.69) is 4.98 Å². The number of aromatic amines is 1. The summed E-state index contributed by atoms with van der Waals surface area (Å²) in [6.45, 7) is 1.89. The maximum absolute atomic E-state index is 12.6. The Hall–Kier alpha value is -1.52. The van der Waals surface area contributed by atoms with Gasteiger partial charge in [0, 0.05) is 5.02 Å². The van der Waals surface area contributed by atoms with Crippen molar-refractivity contribution in [3.63, 3.8) is 0 Å². The molecule has 0 bridgehead atoms. The number of hydrogen-bond acceptors (Lipinski definition) is 2. The molecule has 4 nitrogen and oxygen atoms in total. The third-order valence-corrected chi connectivity index (χ3v) is 4.20. The lowest BCUT2D eigenvalue weighted by Gasteiger charge is -2.14. The van der Waals surface area contributed by atoms with Gasteiger partial charge in [-0.25, -0.2) is 4.79 Å². The fraction of sp³-hybridized carbons (Fsp3) is 0.286. The first-order valence-corrected chi connectivity index (χ1v) is 6.99. The van der Waals surface area contributed by atoms with Gasteiger partial charge in [-0.2, -0.15) is 0 Å². The molecule has 0 radical (unpaired) electrons. The van der Waals surface area contributed by atoms with Crippen LogP contribution in [0.25, 0.3) is 11.1 Å². The zero-order valence-corrected chi connectivity index (χ0v) is 12.3. The van der Waals surface area contributed by atoms with Crippen LogP contribution in [0.2, 0.25) is 10.2 Å². The number of H-pyrrole nitrogens is 1. The SMILES string of the molecule is CC1(n2c(=O)[nH]c(Cl)c(-c3cccc(Cl)c3)c2=O)CC1. The molecule has 1 heterocycles. The van der Waals surface area contributed by atoms with Crippen LogP contribution in [0.15, 0.2) is 33.9 Å². The zero-order valence-electron chi connectivity index (χ0n) is 10.7. The van der Waals surface area contributed by atoms with Crippen molar-refractivity contribution in [1.82, 2.24) is 9.55 Å². The summed E-state index contributed by atoms with van der Waals surface area (Å²) < 4.78 is 1.26. The van der Waals surface area contributed by atoms with E-state index in [1.54, 1.807) is 24.3 Å². The van der Waals surface area contributed by atoms with E-state index in [0.717, 1.165) is 12.8 Å². The smallest absolute Gasteiger partial charge is 0.297 e. The van der Waals surface area contributed by atoms with E-state index in [1.807, 2.05) is 6.92 Å². The minimum Gasteiger partial charge on any atom is -0.297 e. The highest BCUT2D eigenvalue weighted by Gasteiger charge is 2.42. The van der Waals surface area contributed by atoms with Gasteiger partial charge in [-0.3, -0.25) is 14.3 Å². The molecule has 2 aromatic rings. The van der Waals surface area contributed by atoms with Gasteiger partial charge < -0.3 is 0 Å². The number of rotatable bonds is 2. The molecule has 1 saturated carbocycles. The Bertz CT molecular complexity index is 804. The molecule has 1 N–H and O–H groups in total. The second-order valence-electron chi connectivity index (χ2n) is 5.27. The highest BCUT2D eigenvalue weighted by Crippen LogP contribution is 2.41. The third-order valence-electron chi connectivity index (χ3n) is 3.68. The summed E-state index contributed by atoms with van der Waals surface area (Å²) in [5.41, 5.74) is -0.363. The van der Waals surface area contributed by atoms with Crippen LogP contribution in [0.4, 0.5) is 0 Å². The number of hydrogen-bond donors (Lipinski definition) is 1. The first-order chi connectivity index (χ1) is 9.42. The van der Waals surface area contributed by atoms with Crippen LogP contribution in [0.1, 0.15) is 19.8 Å². The lowest BCUT2D eigenvalue weighted by atomic mass is 10.1. The van der Waals surface area contributed by atoms with Crippen molar-refractivity contribution < 1.29 is 0 Å². The van der Waals surface area contributed by atoms with Gasteiger partial charge in [-0.15, -0.1) is 0 Å². The van der Waals surface area contributed by atoms with E-state index in [1.165, 1.54) is 4.57 Å². The molecule has 0 unspecified atom stereocenters. The minimum atomic E-state index is -0.467. The number of halogens is 2. The summed E-state index contributed by atoms with van der Waals surface area (Å²) in [6, 6.07) is 6.85. The average molecular weight is 311 g/mol. The minimum absolute atomic E-state index is 0.0442. The van der Waals surface area contributed by atoms with Crippen molar-refractivity contribution in [3.8, 4) is 11.1 Å². The molecule has 104 valence electrons. The van der Waals surface area contributed by atoms with Gasteiger partial charge in [-0.1, -0.05) is 35.3 Å². The lowest BCUT2D eigenvalue weighted by Crippen LogP contribution is -2.41. The molecule has 3 rings (SSSR count). The lowest BCUT2D eigenvalue weighted by molar-refractivity contribution is 0.487. The Kier molecular flexibility index (Phi) is 3.03. The van der Waals surface area contributed by atoms with Crippen molar-refractivity contribution in [1.29, 1.82) is 0 Å². The quantitative estimate of drug-likeness (QED) is 0.867. The third kappa shape index (κ3) is 2.09. The van der Waals surface area contributed by atoms with Crippen molar-refractivity contribution in [2.24, 2.45) is 0 Å². The number of aromatic nitrogens is 2. The van der Waals surface area contributed by atoms with Gasteiger partial charge in [-0.05, 0) is 37.5 Å². The van der Waals surface area contributed by atoms with Crippen molar-refractivity contribution in [2.45, 2.75) is 25.3 Å². The molecule has 0 saturated heterocycles. The second-order valence-corrected chi connectivity index (χ2v) is 6.08.